The monoisotopic (exact) mass is 419 g/mol. The Morgan fingerprint density at radius 3 is 2.39 bits per heavy atom. The summed E-state index contributed by atoms with van der Waals surface area (Å²) < 4.78 is 10.7. The van der Waals surface area contributed by atoms with Crippen molar-refractivity contribution in [3.8, 4) is 5.75 Å². The van der Waals surface area contributed by atoms with Gasteiger partial charge in [0.1, 0.15) is 12.4 Å². The van der Waals surface area contributed by atoms with E-state index in [2.05, 4.69) is 6.58 Å². The molecule has 3 rings (SSSR count). The fraction of sp³-hybridized carbons (Fsp3) is 0.308. The van der Waals surface area contributed by atoms with Gasteiger partial charge in [-0.25, -0.2) is 4.79 Å². The summed E-state index contributed by atoms with van der Waals surface area (Å²) in [5.74, 6) is -0.00509. The first kappa shape index (κ1) is 22.3. The number of carbonyl (C=O) groups excluding carboxylic acids is 2. The van der Waals surface area contributed by atoms with Crippen LogP contribution in [-0.2, 0) is 14.3 Å². The predicted octanol–water partition coefficient (Wildman–Crippen LogP) is 5.17. The molecule has 31 heavy (non-hydrogen) atoms. The van der Waals surface area contributed by atoms with E-state index in [0.29, 0.717) is 6.61 Å². The van der Waals surface area contributed by atoms with Gasteiger partial charge in [-0.15, -0.1) is 0 Å². The number of nitrogens with zero attached hydrogens (tertiary/aromatic N) is 1. The van der Waals surface area contributed by atoms with E-state index in [1.807, 2.05) is 54.6 Å². The number of ether oxygens (including phenoxy) is 2. The molecule has 0 aromatic heterocycles. The molecule has 1 aliphatic rings. The number of carbonyl (C=O) groups is 2. The third-order valence-corrected chi connectivity index (χ3v) is 5.24. The third-order valence-electron chi connectivity index (χ3n) is 5.24. The lowest BCUT2D eigenvalue weighted by Gasteiger charge is -2.34. The summed E-state index contributed by atoms with van der Waals surface area (Å²) in [6.45, 7) is 3.78. The lowest BCUT2D eigenvalue weighted by atomic mass is 9.93. The maximum absolute atomic E-state index is 12.9. The Kier molecular flexibility index (Phi) is 8.47. The molecule has 1 fully saturated rings. The average molecular weight is 420 g/mol. The number of benzene rings is 2. The first-order chi connectivity index (χ1) is 15.2. The molecule has 0 spiro atoms. The Labute approximate surface area is 184 Å². The Hall–Kier alpha value is -3.34. The highest BCUT2D eigenvalue weighted by Gasteiger charge is 2.27. The zero-order valence-corrected chi connectivity index (χ0v) is 17.7. The van der Waals surface area contributed by atoms with Crippen molar-refractivity contribution in [1.82, 2.24) is 0 Å². The van der Waals surface area contributed by atoms with Gasteiger partial charge in [-0.05, 0) is 48.7 Å². The van der Waals surface area contributed by atoms with Crippen LogP contribution >= 0.6 is 0 Å². The topological polar surface area (TPSA) is 55.8 Å². The van der Waals surface area contributed by atoms with Gasteiger partial charge in [0.2, 0.25) is 0 Å². The van der Waals surface area contributed by atoms with E-state index in [0.717, 1.165) is 42.7 Å². The number of rotatable bonds is 9. The van der Waals surface area contributed by atoms with Gasteiger partial charge in [-0.1, -0.05) is 62.2 Å². The van der Waals surface area contributed by atoms with E-state index in [1.165, 1.54) is 12.5 Å². The van der Waals surface area contributed by atoms with Crippen LogP contribution in [0, 0.1) is 0 Å². The van der Waals surface area contributed by atoms with Gasteiger partial charge in [-0.3, -0.25) is 4.79 Å². The van der Waals surface area contributed by atoms with Crippen LogP contribution in [0.1, 0.15) is 37.7 Å². The molecule has 0 bridgehead atoms. The number of para-hydroxylation sites is 1. The zero-order chi connectivity index (χ0) is 21.9. The summed E-state index contributed by atoms with van der Waals surface area (Å²) in [6.07, 6.45) is 10.0. The molecule has 5 nitrogen and oxygen atoms in total. The maximum Gasteiger partial charge on any atom is 0.331 e. The maximum atomic E-state index is 12.9. The molecule has 1 saturated carbocycles. The van der Waals surface area contributed by atoms with Crippen molar-refractivity contribution < 1.29 is 19.1 Å². The fourth-order valence-electron chi connectivity index (χ4n) is 3.73. The lowest BCUT2D eigenvalue weighted by Crippen LogP contribution is -2.43. The minimum atomic E-state index is -0.544. The molecular formula is C26H29NO4. The predicted molar refractivity (Wildman–Crippen MR) is 123 cm³/mol. The smallest absolute Gasteiger partial charge is 0.331 e. The van der Waals surface area contributed by atoms with Gasteiger partial charge in [0, 0.05) is 17.8 Å². The molecular weight excluding hydrogens is 390 g/mol. The highest BCUT2D eigenvalue weighted by molar-refractivity contribution is 5.97. The molecule has 1 aliphatic carbocycles. The van der Waals surface area contributed by atoms with Gasteiger partial charge in [0.15, 0.2) is 6.61 Å². The van der Waals surface area contributed by atoms with Crippen molar-refractivity contribution in [1.29, 1.82) is 0 Å². The minimum Gasteiger partial charge on any atom is -0.490 e. The number of hydrogen-bond donors (Lipinski definition) is 0. The molecule has 0 heterocycles. The zero-order valence-electron chi connectivity index (χ0n) is 17.7. The standard InChI is InChI=1S/C26H29NO4/c1-2-19-30-24-16-13-21(14-17-24)15-18-26(29)31-20-25(28)27(22-9-5-3-6-10-22)23-11-7-4-8-12-23/h2-3,5-6,9-10,13-18,23H,1,4,7-8,11-12,19-20H2/b18-15+. The van der Waals surface area contributed by atoms with E-state index in [1.54, 1.807) is 17.1 Å². The lowest BCUT2D eigenvalue weighted by molar-refractivity contribution is -0.143. The second-order valence-corrected chi connectivity index (χ2v) is 7.50. The van der Waals surface area contributed by atoms with Crippen LogP contribution in [0.15, 0.2) is 73.3 Å². The van der Waals surface area contributed by atoms with E-state index < -0.39 is 5.97 Å². The number of amides is 1. The van der Waals surface area contributed by atoms with Gasteiger partial charge >= 0.3 is 5.97 Å². The van der Waals surface area contributed by atoms with Crippen molar-refractivity contribution in [3.05, 3.63) is 78.9 Å². The van der Waals surface area contributed by atoms with Crippen molar-refractivity contribution in [3.63, 3.8) is 0 Å². The third kappa shape index (κ3) is 6.85. The van der Waals surface area contributed by atoms with Crippen molar-refractivity contribution >= 4 is 23.6 Å². The second kappa shape index (κ2) is 11.7. The van der Waals surface area contributed by atoms with Gasteiger partial charge in [0.25, 0.3) is 5.91 Å². The van der Waals surface area contributed by atoms with Crippen molar-refractivity contribution in [2.45, 2.75) is 38.1 Å². The van der Waals surface area contributed by atoms with Gasteiger partial charge < -0.3 is 14.4 Å². The SMILES string of the molecule is C=CCOc1ccc(/C=C/C(=O)OCC(=O)N(c2ccccc2)C2CCCCC2)cc1. The Bertz CT molecular complexity index is 883. The largest absolute Gasteiger partial charge is 0.490 e. The van der Waals surface area contributed by atoms with Crippen LogP contribution in [0.3, 0.4) is 0 Å². The van der Waals surface area contributed by atoms with Crippen LogP contribution in [0.4, 0.5) is 5.69 Å². The highest BCUT2D eigenvalue weighted by atomic mass is 16.5. The molecule has 0 radical (unpaired) electrons. The molecule has 162 valence electrons. The molecule has 2 aromatic rings. The summed E-state index contributed by atoms with van der Waals surface area (Å²) in [5, 5.41) is 0. The van der Waals surface area contributed by atoms with E-state index >= 15 is 0 Å². The highest BCUT2D eigenvalue weighted by Crippen LogP contribution is 2.27. The molecule has 0 atom stereocenters. The minimum absolute atomic E-state index is 0.153. The second-order valence-electron chi connectivity index (χ2n) is 7.50. The van der Waals surface area contributed by atoms with Crippen LogP contribution in [0.25, 0.3) is 6.08 Å². The quantitative estimate of drug-likeness (QED) is 0.319. The van der Waals surface area contributed by atoms with Gasteiger partial charge in [0.05, 0.1) is 0 Å². The summed E-state index contributed by atoms with van der Waals surface area (Å²) in [5.41, 5.74) is 1.69. The molecule has 0 unspecified atom stereocenters. The normalized spacial score (nSPS) is 14.2. The van der Waals surface area contributed by atoms with Crippen LogP contribution in [0.2, 0.25) is 0 Å². The summed E-state index contributed by atoms with van der Waals surface area (Å²) in [4.78, 5) is 26.9. The first-order valence-corrected chi connectivity index (χ1v) is 10.7. The summed E-state index contributed by atoms with van der Waals surface area (Å²) >= 11 is 0. The van der Waals surface area contributed by atoms with E-state index in [-0.39, 0.29) is 18.6 Å². The molecule has 2 aromatic carbocycles. The fourth-order valence-corrected chi connectivity index (χ4v) is 3.73. The molecule has 0 aliphatic heterocycles. The Morgan fingerprint density at radius 1 is 1.00 bits per heavy atom. The molecule has 0 N–H and O–H groups in total. The van der Waals surface area contributed by atoms with E-state index in [9.17, 15) is 9.59 Å². The summed E-state index contributed by atoms with van der Waals surface area (Å²) in [6, 6.07) is 17.1. The van der Waals surface area contributed by atoms with Crippen LogP contribution < -0.4 is 9.64 Å². The molecule has 1 amide bonds. The van der Waals surface area contributed by atoms with Crippen LogP contribution in [0.5, 0.6) is 5.75 Å². The number of hydrogen-bond acceptors (Lipinski definition) is 4. The Morgan fingerprint density at radius 2 is 1.71 bits per heavy atom. The number of anilines is 1. The number of esters is 1. The van der Waals surface area contributed by atoms with Crippen LogP contribution in [-0.4, -0.2) is 31.1 Å². The Balaban J connectivity index is 1.56. The van der Waals surface area contributed by atoms with Crippen molar-refractivity contribution in [2.75, 3.05) is 18.1 Å². The summed E-state index contributed by atoms with van der Waals surface area (Å²) in [7, 11) is 0. The first-order valence-electron chi connectivity index (χ1n) is 10.7. The van der Waals surface area contributed by atoms with Crippen molar-refractivity contribution in [2.24, 2.45) is 0 Å². The van der Waals surface area contributed by atoms with E-state index in [4.69, 9.17) is 9.47 Å². The average Bonchev–Trinajstić information content (AvgIpc) is 2.82. The molecule has 5 heteroatoms. The molecule has 0 saturated heterocycles. The van der Waals surface area contributed by atoms with Gasteiger partial charge in [-0.2, -0.15) is 0 Å².